The predicted octanol–water partition coefficient (Wildman–Crippen LogP) is 8.85. The number of hydrogen-bond acceptors (Lipinski definition) is 6. The number of benzene rings is 2. The summed E-state index contributed by atoms with van der Waals surface area (Å²) >= 11 is 15.0. The van der Waals surface area contributed by atoms with E-state index in [1.54, 1.807) is 18.2 Å². The Bertz CT molecular complexity index is 1670. The Balaban J connectivity index is 2.04. The molecule has 2 N–H and O–H groups in total. The lowest BCUT2D eigenvalue weighted by Gasteiger charge is -2.19. The maximum absolute atomic E-state index is 13.8. The fourth-order valence-electron chi connectivity index (χ4n) is 4.29. The maximum atomic E-state index is 13.8. The first-order valence-corrected chi connectivity index (χ1v) is 15.4. The van der Waals surface area contributed by atoms with Crippen molar-refractivity contribution in [2.75, 3.05) is 20.1 Å². The van der Waals surface area contributed by atoms with E-state index in [0.29, 0.717) is 28.4 Å². The summed E-state index contributed by atoms with van der Waals surface area (Å²) in [6, 6.07) is 6.11. The third-order valence-corrected chi connectivity index (χ3v) is 9.23. The first-order valence-electron chi connectivity index (χ1n) is 12.9. The first kappa shape index (κ1) is 34.1. The average molecular weight is 697 g/mol. The topological polar surface area (TPSA) is 77.0 Å². The van der Waals surface area contributed by atoms with Gasteiger partial charge in [0.2, 0.25) is 5.13 Å². The minimum absolute atomic E-state index is 0.0197. The number of nitrogens with two attached hydrogens (primary N) is 1. The molecule has 0 fully saturated rings. The number of halogens is 8. The highest BCUT2D eigenvalue weighted by Gasteiger charge is 2.38. The summed E-state index contributed by atoms with van der Waals surface area (Å²) in [6.45, 7) is 5.43. The first-order chi connectivity index (χ1) is 20.4. The summed E-state index contributed by atoms with van der Waals surface area (Å²) < 4.78 is 84.5. The van der Waals surface area contributed by atoms with Crippen molar-refractivity contribution >= 4 is 52.2 Å². The van der Waals surface area contributed by atoms with E-state index < -0.39 is 35.0 Å². The number of aromatic nitrogens is 3. The van der Waals surface area contributed by atoms with Gasteiger partial charge in [-0.05, 0) is 42.8 Å². The number of aryl methyl sites for hydroxylation is 1. The Kier molecular flexibility index (Phi) is 10.0. The molecule has 4 rings (SSSR count). The van der Waals surface area contributed by atoms with Crippen LogP contribution in [0.3, 0.4) is 0 Å². The summed E-state index contributed by atoms with van der Waals surface area (Å²) in [4.78, 5) is 19.8. The minimum atomic E-state index is -5.09. The number of alkyl halides is 6. The number of amides is 1. The Hall–Kier alpha value is -2.78. The molecule has 1 amide bonds. The molecule has 16 heteroatoms. The molecule has 0 aliphatic carbocycles. The molecule has 0 saturated heterocycles. The summed E-state index contributed by atoms with van der Waals surface area (Å²) in [5, 5.41) is 5.30. The zero-order valence-corrected chi connectivity index (χ0v) is 26.7. The molecule has 2 aromatic heterocycles. The van der Waals surface area contributed by atoms with Gasteiger partial charge in [-0.3, -0.25) is 4.79 Å². The van der Waals surface area contributed by atoms with Crippen molar-refractivity contribution in [3.8, 4) is 27.5 Å². The van der Waals surface area contributed by atoms with Gasteiger partial charge in [0.05, 0.1) is 36.8 Å². The highest BCUT2D eigenvalue weighted by Crippen LogP contribution is 2.44. The molecule has 0 spiro atoms. The molecule has 0 bridgehead atoms. The van der Waals surface area contributed by atoms with Gasteiger partial charge < -0.3 is 10.6 Å². The van der Waals surface area contributed by atoms with E-state index in [9.17, 15) is 31.1 Å². The lowest BCUT2D eigenvalue weighted by atomic mass is 9.97. The smallest absolute Gasteiger partial charge is 0.339 e. The van der Waals surface area contributed by atoms with Crippen LogP contribution in [0, 0.1) is 6.92 Å². The molecule has 236 valence electrons. The van der Waals surface area contributed by atoms with Gasteiger partial charge >= 0.3 is 12.4 Å². The van der Waals surface area contributed by atoms with Crippen LogP contribution < -0.4 is 5.73 Å². The lowest BCUT2D eigenvalue weighted by molar-refractivity contribution is -0.143. The molecule has 2 heterocycles. The van der Waals surface area contributed by atoms with Crippen LogP contribution in [0.1, 0.15) is 41.2 Å². The van der Waals surface area contributed by atoms with Gasteiger partial charge in [0.15, 0.2) is 0 Å². The molecule has 44 heavy (non-hydrogen) atoms. The largest absolute Gasteiger partial charge is 0.416 e. The molecule has 0 atom stereocenters. The van der Waals surface area contributed by atoms with Gasteiger partial charge in [0.25, 0.3) is 5.91 Å². The van der Waals surface area contributed by atoms with Crippen molar-refractivity contribution in [3.63, 3.8) is 0 Å². The van der Waals surface area contributed by atoms with Crippen molar-refractivity contribution in [1.82, 2.24) is 19.7 Å². The zero-order chi connectivity index (χ0) is 32.7. The molecular formula is C28H25Cl2F6N5OS2. The molecule has 4 aromatic rings. The Morgan fingerprint density at radius 3 is 2.16 bits per heavy atom. The Morgan fingerprint density at radius 1 is 1.02 bits per heavy atom. The Morgan fingerprint density at radius 2 is 1.64 bits per heavy atom. The van der Waals surface area contributed by atoms with Gasteiger partial charge in [-0.25, -0.2) is 4.98 Å². The number of carbonyl (C=O) groups is 1. The number of thioether (sulfide) groups is 1. The summed E-state index contributed by atoms with van der Waals surface area (Å²) in [6.07, 6.45) is -10.2. The van der Waals surface area contributed by atoms with E-state index in [4.69, 9.17) is 33.9 Å². The molecule has 2 aromatic carbocycles. The fraction of sp³-hybridized carbons (Fsp3) is 0.321. The van der Waals surface area contributed by atoms with E-state index in [-0.39, 0.29) is 51.5 Å². The quantitative estimate of drug-likeness (QED) is 0.147. The van der Waals surface area contributed by atoms with Crippen LogP contribution in [0.5, 0.6) is 0 Å². The van der Waals surface area contributed by atoms with Crippen LogP contribution in [0.15, 0.2) is 40.6 Å². The van der Waals surface area contributed by atoms with Gasteiger partial charge in [-0.15, -0.1) is 11.8 Å². The molecule has 0 aliphatic rings. The van der Waals surface area contributed by atoms with Crippen molar-refractivity contribution in [2.45, 2.75) is 42.6 Å². The number of carbonyl (C=O) groups excluding carboxylic acids is 1. The number of nitrogens with zero attached hydrogens (tertiary/aromatic N) is 4. The van der Waals surface area contributed by atoms with Crippen LogP contribution in [-0.2, 0) is 12.4 Å². The average Bonchev–Trinajstić information content (AvgIpc) is 3.49. The molecule has 0 unspecified atom stereocenters. The van der Waals surface area contributed by atoms with E-state index in [1.807, 2.05) is 13.8 Å². The van der Waals surface area contributed by atoms with Gasteiger partial charge in [0, 0.05) is 36.5 Å². The molecule has 0 saturated carbocycles. The SMILES string of the molecule is Cc1nn(-c2nc(-c3ccc(Cl)c(Cl)c3)c(SC(C)C)s2)c(C(=O)N(C)CCN)c1-c1cc(C(F)(F)F)cc(C(F)(F)F)c1. The second-order valence-corrected chi connectivity index (χ2v) is 13.6. The van der Waals surface area contributed by atoms with Crippen molar-refractivity contribution in [1.29, 1.82) is 0 Å². The second kappa shape index (κ2) is 12.9. The van der Waals surface area contributed by atoms with E-state index in [2.05, 4.69) is 5.10 Å². The summed E-state index contributed by atoms with van der Waals surface area (Å²) in [5.74, 6) is -0.721. The highest BCUT2D eigenvalue weighted by molar-refractivity contribution is 8.01. The van der Waals surface area contributed by atoms with Gasteiger partial charge in [-0.2, -0.15) is 36.1 Å². The summed E-state index contributed by atoms with van der Waals surface area (Å²) in [5.41, 5.74) is 2.79. The van der Waals surface area contributed by atoms with Crippen LogP contribution in [0.25, 0.3) is 27.5 Å². The van der Waals surface area contributed by atoms with Crippen molar-refractivity contribution in [2.24, 2.45) is 5.73 Å². The number of thiazole rings is 1. The van der Waals surface area contributed by atoms with Crippen LogP contribution in [0.2, 0.25) is 10.0 Å². The molecule has 6 nitrogen and oxygen atoms in total. The summed E-state index contributed by atoms with van der Waals surface area (Å²) in [7, 11) is 1.42. The molecular weight excluding hydrogens is 671 g/mol. The monoisotopic (exact) mass is 695 g/mol. The molecule has 0 aliphatic heterocycles. The van der Waals surface area contributed by atoms with Crippen LogP contribution in [-0.4, -0.2) is 51.0 Å². The predicted molar refractivity (Wildman–Crippen MR) is 162 cm³/mol. The minimum Gasteiger partial charge on any atom is -0.339 e. The Labute approximate surface area is 267 Å². The van der Waals surface area contributed by atoms with E-state index >= 15 is 0 Å². The maximum Gasteiger partial charge on any atom is 0.416 e. The standard InChI is InChI=1S/C28H25Cl2F6N5OS2/c1-13(2)43-25-22(15-5-6-19(29)20(30)11-15)38-26(44-25)41-23(24(42)40(4)8-7-37)21(14(3)39-41)16-9-17(27(31,32)33)12-18(10-16)28(34,35)36/h5-6,9-13H,7-8,37H2,1-4H3. The van der Waals surface area contributed by atoms with Crippen LogP contribution >= 0.6 is 46.3 Å². The number of hydrogen-bond donors (Lipinski definition) is 1. The molecule has 0 radical (unpaired) electrons. The van der Waals surface area contributed by atoms with Gasteiger partial charge in [-0.1, -0.05) is 54.5 Å². The number of likely N-dealkylation sites (N-methyl/N-ethyl adjacent to an activating group) is 1. The van der Waals surface area contributed by atoms with E-state index in [1.165, 1.54) is 30.6 Å². The van der Waals surface area contributed by atoms with E-state index in [0.717, 1.165) is 20.2 Å². The highest BCUT2D eigenvalue weighted by atomic mass is 35.5. The lowest BCUT2D eigenvalue weighted by Crippen LogP contribution is -2.33. The zero-order valence-electron chi connectivity index (χ0n) is 23.6. The van der Waals surface area contributed by atoms with Gasteiger partial charge in [0.1, 0.15) is 5.69 Å². The normalized spacial score (nSPS) is 12.3. The second-order valence-electron chi connectivity index (χ2n) is 9.96. The van der Waals surface area contributed by atoms with Crippen molar-refractivity contribution < 1.29 is 31.1 Å². The third-order valence-electron chi connectivity index (χ3n) is 6.25. The number of rotatable bonds is 8. The third kappa shape index (κ3) is 7.20. The van der Waals surface area contributed by atoms with Crippen molar-refractivity contribution in [3.05, 3.63) is 69.0 Å². The van der Waals surface area contributed by atoms with Crippen LogP contribution in [0.4, 0.5) is 26.3 Å². The fourth-order valence-corrected chi connectivity index (χ4v) is 7.07.